The molecule has 5 heteroatoms. The first-order valence-electron chi connectivity index (χ1n) is 6.16. The summed E-state index contributed by atoms with van der Waals surface area (Å²) in [6.45, 7) is 1.29. The number of benzene rings is 1. The van der Waals surface area contributed by atoms with Crippen molar-refractivity contribution < 1.29 is 14.8 Å². The predicted molar refractivity (Wildman–Crippen MR) is 66.4 cm³/mol. The summed E-state index contributed by atoms with van der Waals surface area (Å²) in [6.07, 6.45) is 1.59. The number of hydrogen-bond donors (Lipinski definition) is 1. The van der Waals surface area contributed by atoms with Crippen molar-refractivity contribution in [1.82, 2.24) is 0 Å². The molecule has 0 bridgehead atoms. The molecule has 0 aliphatic carbocycles. The van der Waals surface area contributed by atoms with E-state index in [0.717, 1.165) is 19.4 Å². The van der Waals surface area contributed by atoms with Crippen LogP contribution in [0.15, 0.2) is 24.3 Å². The summed E-state index contributed by atoms with van der Waals surface area (Å²) in [4.78, 5) is 10.5. The summed E-state index contributed by atoms with van der Waals surface area (Å²) in [7, 11) is 0. The lowest BCUT2D eigenvalue weighted by Gasteiger charge is -2.26. The minimum absolute atomic E-state index is 0.0771. The quantitative estimate of drug-likeness (QED) is 0.655. The van der Waals surface area contributed by atoms with Crippen molar-refractivity contribution in [3.63, 3.8) is 0 Å². The molecule has 98 valence electrons. The number of rotatable bonds is 4. The number of nitro groups is 1. The summed E-state index contributed by atoms with van der Waals surface area (Å²) < 4.78 is 5.32. The third-order valence-corrected chi connectivity index (χ3v) is 3.36. The summed E-state index contributed by atoms with van der Waals surface area (Å²) >= 11 is 0. The van der Waals surface area contributed by atoms with Crippen LogP contribution in [0.4, 0.5) is 5.69 Å². The molecule has 0 radical (unpaired) electrons. The van der Waals surface area contributed by atoms with E-state index in [-0.39, 0.29) is 11.6 Å². The second-order valence-electron chi connectivity index (χ2n) is 4.63. The molecule has 1 aliphatic rings. The normalized spacial score (nSPS) is 21.5. The number of nitro benzene ring substituents is 1. The first kappa shape index (κ1) is 13.0. The summed E-state index contributed by atoms with van der Waals surface area (Å²) in [5, 5.41) is 21.0. The van der Waals surface area contributed by atoms with Crippen LogP contribution >= 0.6 is 0 Å². The fourth-order valence-corrected chi connectivity index (χ4v) is 2.32. The Bertz CT molecular complexity index is 415. The Kier molecular flexibility index (Phi) is 4.28. The van der Waals surface area contributed by atoms with Crippen LogP contribution in [0.1, 0.15) is 18.4 Å². The van der Waals surface area contributed by atoms with Crippen LogP contribution in [0.25, 0.3) is 0 Å². The van der Waals surface area contributed by atoms with Gasteiger partial charge >= 0.3 is 0 Å². The van der Waals surface area contributed by atoms with Crippen molar-refractivity contribution in [2.45, 2.75) is 25.4 Å². The fraction of sp³-hybridized carbons (Fsp3) is 0.538. The van der Waals surface area contributed by atoms with Crippen LogP contribution in [0.3, 0.4) is 0 Å². The van der Waals surface area contributed by atoms with Crippen molar-refractivity contribution in [1.29, 1.82) is 0 Å². The second-order valence-corrected chi connectivity index (χ2v) is 4.63. The van der Waals surface area contributed by atoms with Gasteiger partial charge in [0.05, 0.1) is 17.6 Å². The Morgan fingerprint density at radius 1 is 1.50 bits per heavy atom. The molecule has 1 aromatic carbocycles. The number of ether oxygens (including phenoxy) is 1. The molecule has 1 aromatic rings. The second kappa shape index (κ2) is 5.93. The van der Waals surface area contributed by atoms with Crippen LogP contribution in [-0.2, 0) is 11.2 Å². The number of para-hydroxylation sites is 1. The van der Waals surface area contributed by atoms with Crippen LogP contribution < -0.4 is 0 Å². The highest BCUT2D eigenvalue weighted by atomic mass is 16.6. The molecule has 1 fully saturated rings. The number of hydrogen-bond acceptors (Lipinski definition) is 4. The smallest absolute Gasteiger partial charge is 0.272 e. The highest BCUT2D eigenvalue weighted by Crippen LogP contribution is 2.24. The van der Waals surface area contributed by atoms with Crippen molar-refractivity contribution in [2.24, 2.45) is 5.92 Å². The zero-order valence-electron chi connectivity index (χ0n) is 10.1. The molecule has 2 unspecified atom stereocenters. The first-order valence-corrected chi connectivity index (χ1v) is 6.16. The lowest BCUT2D eigenvalue weighted by Crippen LogP contribution is -2.30. The van der Waals surface area contributed by atoms with E-state index >= 15 is 0 Å². The van der Waals surface area contributed by atoms with Crippen LogP contribution in [0.2, 0.25) is 0 Å². The third-order valence-electron chi connectivity index (χ3n) is 3.36. The zero-order valence-corrected chi connectivity index (χ0v) is 10.1. The fourth-order valence-electron chi connectivity index (χ4n) is 2.32. The van der Waals surface area contributed by atoms with E-state index in [0.29, 0.717) is 18.6 Å². The minimum atomic E-state index is -0.577. The maximum Gasteiger partial charge on any atom is 0.272 e. The van der Waals surface area contributed by atoms with Gasteiger partial charge in [0.2, 0.25) is 0 Å². The molecule has 1 heterocycles. The Morgan fingerprint density at radius 2 is 2.28 bits per heavy atom. The van der Waals surface area contributed by atoms with E-state index in [1.165, 1.54) is 6.07 Å². The molecule has 5 nitrogen and oxygen atoms in total. The maximum atomic E-state index is 10.9. The maximum absolute atomic E-state index is 10.9. The van der Waals surface area contributed by atoms with Gasteiger partial charge in [0.1, 0.15) is 0 Å². The number of aliphatic hydroxyl groups is 1. The lowest BCUT2D eigenvalue weighted by molar-refractivity contribution is -0.385. The molecule has 1 aliphatic heterocycles. The van der Waals surface area contributed by atoms with Gasteiger partial charge < -0.3 is 9.84 Å². The Hall–Kier alpha value is -1.46. The van der Waals surface area contributed by atoms with E-state index < -0.39 is 11.0 Å². The van der Waals surface area contributed by atoms with Gasteiger partial charge in [-0.3, -0.25) is 10.1 Å². The molecular weight excluding hydrogens is 234 g/mol. The molecule has 0 saturated carbocycles. The van der Waals surface area contributed by atoms with Gasteiger partial charge in [0.25, 0.3) is 5.69 Å². The standard InChI is InChI=1S/C13H17NO4/c15-13(11-5-3-7-18-9-11)8-10-4-1-2-6-12(10)14(16)17/h1-2,4,6,11,13,15H,3,5,7-9H2. The van der Waals surface area contributed by atoms with Crippen molar-refractivity contribution in [3.05, 3.63) is 39.9 Å². The van der Waals surface area contributed by atoms with E-state index in [1.54, 1.807) is 18.2 Å². The Balaban J connectivity index is 2.06. The van der Waals surface area contributed by atoms with Gasteiger partial charge in [0.15, 0.2) is 0 Å². The SMILES string of the molecule is O=[N+]([O-])c1ccccc1CC(O)C1CCCOC1. The molecule has 0 aromatic heterocycles. The predicted octanol–water partition coefficient (Wildman–Crippen LogP) is 1.92. The molecule has 18 heavy (non-hydrogen) atoms. The summed E-state index contributed by atoms with van der Waals surface area (Å²) in [6, 6.07) is 6.56. The first-order chi connectivity index (χ1) is 8.68. The van der Waals surface area contributed by atoms with Crippen molar-refractivity contribution in [3.8, 4) is 0 Å². The van der Waals surface area contributed by atoms with Gasteiger partial charge in [-0.05, 0) is 12.8 Å². The van der Waals surface area contributed by atoms with Crippen LogP contribution in [0.5, 0.6) is 0 Å². The molecular formula is C13H17NO4. The lowest BCUT2D eigenvalue weighted by atomic mass is 9.91. The average molecular weight is 251 g/mol. The third kappa shape index (κ3) is 3.05. The zero-order chi connectivity index (χ0) is 13.0. The minimum Gasteiger partial charge on any atom is -0.392 e. The van der Waals surface area contributed by atoms with Gasteiger partial charge in [-0.2, -0.15) is 0 Å². The molecule has 2 rings (SSSR count). The van der Waals surface area contributed by atoms with E-state index in [9.17, 15) is 15.2 Å². The highest BCUT2D eigenvalue weighted by molar-refractivity contribution is 5.40. The van der Waals surface area contributed by atoms with E-state index in [4.69, 9.17) is 4.74 Å². The van der Waals surface area contributed by atoms with Crippen molar-refractivity contribution in [2.75, 3.05) is 13.2 Å². The number of nitrogens with zero attached hydrogens (tertiary/aromatic N) is 1. The molecule has 2 atom stereocenters. The monoisotopic (exact) mass is 251 g/mol. The average Bonchev–Trinajstić information content (AvgIpc) is 2.40. The van der Waals surface area contributed by atoms with Crippen LogP contribution in [-0.4, -0.2) is 29.3 Å². The molecule has 1 N–H and O–H groups in total. The van der Waals surface area contributed by atoms with E-state index in [2.05, 4.69) is 0 Å². The largest absolute Gasteiger partial charge is 0.392 e. The summed E-state index contributed by atoms with van der Waals surface area (Å²) in [5.74, 6) is 0.0820. The Morgan fingerprint density at radius 3 is 2.94 bits per heavy atom. The molecule has 0 amide bonds. The van der Waals surface area contributed by atoms with Gasteiger partial charge in [-0.1, -0.05) is 18.2 Å². The van der Waals surface area contributed by atoms with Gasteiger partial charge in [-0.15, -0.1) is 0 Å². The summed E-state index contributed by atoms with van der Waals surface area (Å²) in [5.41, 5.74) is 0.661. The van der Waals surface area contributed by atoms with Gasteiger partial charge in [-0.25, -0.2) is 0 Å². The Labute approximate surface area is 106 Å². The molecule has 1 saturated heterocycles. The van der Waals surface area contributed by atoms with Crippen molar-refractivity contribution >= 4 is 5.69 Å². The van der Waals surface area contributed by atoms with Gasteiger partial charge in [0, 0.05) is 30.6 Å². The van der Waals surface area contributed by atoms with Crippen LogP contribution in [0, 0.1) is 16.0 Å². The van der Waals surface area contributed by atoms with E-state index in [1.807, 2.05) is 0 Å². The topological polar surface area (TPSA) is 72.6 Å². The highest BCUT2D eigenvalue weighted by Gasteiger charge is 2.25. The molecule has 0 spiro atoms. The number of aliphatic hydroxyl groups excluding tert-OH is 1.